The molecule has 1 atom stereocenters. The molecule has 0 aliphatic rings. The number of rotatable bonds is 34. The summed E-state index contributed by atoms with van der Waals surface area (Å²) in [7, 11) is 0. The van der Waals surface area contributed by atoms with Gasteiger partial charge < -0.3 is 14.6 Å². The molecule has 0 fully saturated rings. The predicted molar refractivity (Wildman–Crippen MR) is 205 cm³/mol. The van der Waals surface area contributed by atoms with Gasteiger partial charge in [-0.25, -0.2) is 0 Å². The summed E-state index contributed by atoms with van der Waals surface area (Å²) in [5.74, 6) is -0.639. The zero-order chi connectivity index (χ0) is 35.0. The Kier molecular flexibility index (Phi) is 36.6. The summed E-state index contributed by atoms with van der Waals surface area (Å²) in [6, 6.07) is 0. The van der Waals surface area contributed by atoms with Crippen molar-refractivity contribution >= 4 is 11.9 Å². The second kappa shape index (κ2) is 38.8. The molecule has 0 bridgehead atoms. The zero-order valence-electron chi connectivity index (χ0n) is 31.0. The number of esters is 2. The second-order valence-electron chi connectivity index (χ2n) is 12.6. The topological polar surface area (TPSA) is 72.8 Å². The van der Waals surface area contributed by atoms with Crippen LogP contribution in [0, 0.1) is 0 Å². The van der Waals surface area contributed by atoms with Crippen LogP contribution in [0.4, 0.5) is 0 Å². The van der Waals surface area contributed by atoms with Crippen molar-refractivity contribution in [2.75, 3.05) is 13.2 Å². The van der Waals surface area contributed by atoms with E-state index >= 15 is 0 Å². The Labute approximate surface area is 295 Å². The van der Waals surface area contributed by atoms with E-state index in [0.717, 1.165) is 77.0 Å². The molecule has 0 rings (SSSR count). The third kappa shape index (κ3) is 36.2. The van der Waals surface area contributed by atoms with E-state index in [4.69, 9.17) is 9.47 Å². The molecule has 0 aliphatic carbocycles. The Hall–Kier alpha value is -2.66. The highest BCUT2D eigenvalue weighted by molar-refractivity contribution is 5.70. The van der Waals surface area contributed by atoms with Crippen molar-refractivity contribution in [1.82, 2.24) is 0 Å². The van der Waals surface area contributed by atoms with Gasteiger partial charge in [-0.15, -0.1) is 0 Å². The van der Waals surface area contributed by atoms with E-state index in [1.807, 2.05) is 0 Å². The van der Waals surface area contributed by atoms with Crippen LogP contribution >= 0.6 is 0 Å². The summed E-state index contributed by atoms with van der Waals surface area (Å²) in [4.78, 5) is 24.2. The number of aliphatic hydroxyl groups is 1. The largest absolute Gasteiger partial charge is 0.462 e. The van der Waals surface area contributed by atoms with Crippen LogP contribution in [-0.2, 0) is 19.1 Å². The average molecular weight is 669 g/mol. The first kappa shape index (κ1) is 45.3. The first-order valence-electron chi connectivity index (χ1n) is 19.5. The fourth-order valence-electron chi connectivity index (χ4n) is 5.04. The summed E-state index contributed by atoms with van der Waals surface area (Å²) in [5, 5.41) is 9.55. The van der Waals surface area contributed by atoms with Gasteiger partial charge >= 0.3 is 11.9 Å². The van der Waals surface area contributed by atoms with Gasteiger partial charge in [0.15, 0.2) is 6.10 Å². The number of hydrogen-bond acceptors (Lipinski definition) is 5. The van der Waals surface area contributed by atoms with Gasteiger partial charge in [0.05, 0.1) is 6.61 Å². The molecule has 0 aliphatic heterocycles. The molecule has 48 heavy (non-hydrogen) atoms. The van der Waals surface area contributed by atoms with Gasteiger partial charge in [-0.2, -0.15) is 0 Å². The van der Waals surface area contributed by atoms with Crippen molar-refractivity contribution in [3.05, 3.63) is 72.9 Å². The van der Waals surface area contributed by atoms with Crippen molar-refractivity contribution in [3.8, 4) is 0 Å². The number of carbonyl (C=O) groups excluding carboxylic acids is 2. The average Bonchev–Trinajstić information content (AvgIpc) is 3.09. The van der Waals surface area contributed by atoms with E-state index in [0.29, 0.717) is 12.8 Å². The maximum atomic E-state index is 12.2. The summed E-state index contributed by atoms with van der Waals surface area (Å²) < 4.78 is 10.6. The molecule has 1 N–H and O–H groups in total. The van der Waals surface area contributed by atoms with Gasteiger partial charge in [-0.1, -0.05) is 145 Å². The lowest BCUT2D eigenvalue weighted by Gasteiger charge is -2.15. The molecule has 0 heterocycles. The molecule has 0 amide bonds. The SMILES string of the molecule is CCC=CCC=CCC=CCC=CCC=CCCCCCC(=O)OC(CO)COC(=O)CCCCCCCCCC=CCCCCCC. The highest BCUT2D eigenvalue weighted by Crippen LogP contribution is 2.12. The van der Waals surface area contributed by atoms with Gasteiger partial charge in [0.25, 0.3) is 0 Å². The van der Waals surface area contributed by atoms with E-state index in [9.17, 15) is 14.7 Å². The van der Waals surface area contributed by atoms with Crippen LogP contribution in [0.1, 0.15) is 168 Å². The smallest absolute Gasteiger partial charge is 0.306 e. The highest BCUT2D eigenvalue weighted by Gasteiger charge is 2.16. The number of unbranched alkanes of at least 4 members (excludes halogenated alkanes) is 14. The molecule has 5 heteroatoms. The first-order valence-corrected chi connectivity index (χ1v) is 19.5. The van der Waals surface area contributed by atoms with Gasteiger partial charge in [0.2, 0.25) is 0 Å². The number of allylic oxidation sites excluding steroid dienone is 12. The summed E-state index contributed by atoms with van der Waals surface area (Å²) in [6.45, 7) is 3.96. The Bertz CT molecular complexity index is 895. The van der Waals surface area contributed by atoms with Crippen LogP contribution in [0.5, 0.6) is 0 Å². The Balaban J connectivity index is 3.67. The predicted octanol–water partition coefficient (Wildman–Crippen LogP) is 12.2. The minimum Gasteiger partial charge on any atom is -0.462 e. The van der Waals surface area contributed by atoms with E-state index in [2.05, 4.69) is 86.8 Å². The molecule has 0 aromatic heterocycles. The molecule has 1 unspecified atom stereocenters. The van der Waals surface area contributed by atoms with E-state index < -0.39 is 6.10 Å². The van der Waals surface area contributed by atoms with Gasteiger partial charge in [0.1, 0.15) is 6.61 Å². The second-order valence-corrected chi connectivity index (χ2v) is 12.6. The molecular weight excluding hydrogens is 596 g/mol. The number of aliphatic hydroxyl groups excluding tert-OH is 1. The maximum absolute atomic E-state index is 12.2. The van der Waals surface area contributed by atoms with Gasteiger partial charge in [-0.05, 0) is 83.5 Å². The summed E-state index contributed by atoms with van der Waals surface area (Å²) in [5.41, 5.74) is 0. The number of ether oxygens (including phenoxy) is 2. The first-order chi connectivity index (χ1) is 23.6. The third-order valence-electron chi connectivity index (χ3n) is 7.98. The summed E-state index contributed by atoms with van der Waals surface area (Å²) >= 11 is 0. The van der Waals surface area contributed by atoms with Crippen LogP contribution in [0.2, 0.25) is 0 Å². The molecule has 0 aromatic carbocycles. The minimum atomic E-state index is -0.793. The molecular formula is C43H72O5. The van der Waals surface area contributed by atoms with Crippen molar-refractivity contribution in [1.29, 1.82) is 0 Å². The molecule has 0 aromatic rings. The quantitative estimate of drug-likeness (QED) is 0.0420. The molecule has 5 nitrogen and oxygen atoms in total. The Morgan fingerprint density at radius 1 is 0.500 bits per heavy atom. The van der Waals surface area contributed by atoms with Crippen LogP contribution < -0.4 is 0 Å². The van der Waals surface area contributed by atoms with Crippen molar-refractivity contribution in [3.63, 3.8) is 0 Å². The van der Waals surface area contributed by atoms with Crippen LogP contribution in [0.25, 0.3) is 0 Å². The van der Waals surface area contributed by atoms with Crippen molar-refractivity contribution < 1.29 is 24.2 Å². The van der Waals surface area contributed by atoms with Crippen LogP contribution in [0.15, 0.2) is 72.9 Å². The van der Waals surface area contributed by atoms with Gasteiger partial charge in [-0.3, -0.25) is 9.59 Å². The van der Waals surface area contributed by atoms with Crippen molar-refractivity contribution in [2.45, 2.75) is 174 Å². The highest BCUT2D eigenvalue weighted by atomic mass is 16.6. The van der Waals surface area contributed by atoms with E-state index in [-0.39, 0.29) is 25.2 Å². The molecule has 0 spiro atoms. The van der Waals surface area contributed by atoms with Gasteiger partial charge in [0, 0.05) is 12.8 Å². The van der Waals surface area contributed by atoms with Crippen LogP contribution in [-0.4, -0.2) is 36.4 Å². The normalized spacial score (nSPS) is 13.0. The standard InChI is InChI=1S/C43H72O5/c1-3-5-7-9-11-13-15-17-19-20-21-22-24-26-28-30-32-34-36-38-43(46)48-41(39-44)40-47-42(45)37-35-33-31-29-27-25-23-18-16-14-12-10-8-6-4-2/h5,7,11,13-14,16-17,19,21-22,26,28,41,44H,3-4,6,8-10,12,15,18,20,23-25,27,29-40H2,1-2H3. The zero-order valence-corrected chi connectivity index (χ0v) is 31.0. The van der Waals surface area contributed by atoms with Crippen molar-refractivity contribution in [2.24, 2.45) is 0 Å². The monoisotopic (exact) mass is 669 g/mol. The molecule has 274 valence electrons. The fraction of sp³-hybridized carbons (Fsp3) is 0.674. The lowest BCUT2D eigenvalue weighted by atomic mass is 10.1. The maximum Gasteiger partial charge on any atom is 0.306 e. The lowest BCUT2D eigenvalue weighted by Crippen LogP contribution is -2.28. The van der Waals surface area contributed by atoms with Crippen LogP contribution in [0.3, 0.4) is 0 Å². The number of hydrogen-bond donors (Lipinski definition) is 1. The fourth-order valence-corrected chi connectivity index (χ4v) is 5.04. The Morgan fingerprint density at radius 3 is 1.40 bits per heavy atom. The molecule has 0 saturated heterocycles. The minimum absolute atomic E-state index is 0.0850. The summed E-state index contributed by atoms with van der Waals surface area (Å²) in [6.07, 6.45) is 51.0. The van der Waals surface area contributed by atoms with E-state index in [1.54, 1.807) is 0 Å². The molecule has 0 saturated carbocycles. The lowest BCUT2D eigenvalue weighted by molar-refractivity contribution is -0.161. The third-order valence-corrected chi connectivity index (χ3v) is 7.98. The number of carbonyl (C=O) groups is 2. The molecule has 0 radical (unpaired) electrons. The Morgan fingerprint density at radius 2 is 0.896 bits per heavy atom. The van der Waals surface area contributed by atoms with E-state index in [1.165, 1.54) is 64.2 Å².